The van der Waals surface area contributed by atoms with E-state index in [1.54, 1.807) is 24.1 Å². The number of nitrogens with zero attached hydrogens (tertiary/aromatic N) is 3. The van der Waals surface area contributed by atoms with Crippen molar-refractivity contribution in [2.45, 2.75) is 6.42 Å². The highest BCUT2D eigenvalue weighted by Crippen LogP contribution is 2.05. The normalized spacial score (nSPS) is 10.8. The summed E-state index contributed by atoms with van der Waals surface area (Å²) in [6, 6.07) is 0. The third-order valence-corrected chi connectivity index (χ3v) is 3.59. The summed E-state index contributed by atoms with van der Waals surface area (Å²) in [6.07, 6.45) is 6.83. The molecular weight excluding hydrogens is 278 g/mol. The minimum Gasteiger partial charge on any atom is -0.351 e. The maximum absolute atomic E-state index is 12.1. The third-order valence-electron chi connectivity index (χ3n) is 2.82. The molecule has 0 aromatic carbocycles. The van der Waals surface area contributed by atoms with Crippen molar-refractivity contribution < 1.29 is 4.79 Å². The number of carbonyl (C=O) groups is 1. The largest absolute Gasteiger partial charge is 0.351 e. The molecule has 3 rings (SSSR count). The van der Waals surface area contributed by atoms with E-state index in [9.17, 15) is 9.59 Å². The average molecular weight is 289 g/mol. The Hall–Kier alpha value is -2.48. The van der Waals surface area contributed by atoms with Gasteiger partial charge in [-0.1, -0.05) is 0 Å². The Morgan fingerprint density at radius 3 is 3.15 bits per heavy atom. The number of carbonyl (C=O) groups excluding carboxylic acids is 1. The van der Waals surface area contributed by atoms with Crippen molar-refractivity contribution >= 4 is 22.2 Å². The van der Waals surface area contributed by atoms with Gasteiger partial charge < -0.3 is 10.3 Å². The molecule has 0 radical (unpaired) electrons. The van der Waals surface area contributed by atoms with Crippen LogP contribution in [-0.2, 0) is 6.42 Å². The van der Waals surface area contributed by atoms with Crippen LogP contribution in [0.2, 0.25) is 0 Å². The highest BCUT2D eigenvalue weighted by molar-refractivity contribution is 7.15. The van der Waals surface area contributed by atoms with Gasteiger partial charge in [0.2, 0.25) is 0 Å². The first-order valence-electron chi connectivity index (χ1n) is 5.96. The second-order valence-corrected chi connectivity index (χ2v) is 4.99. The molecule has 3 heterocycles. The maximum atomic E-state index is 12.1. The van der Waals surface area contributed by atoms with Gasteiger partial charge in [0.25, 0.3) is 11.5 Å². The van der Waals surface area contributed by atoms with Crippen molar-refractivity contribution in [3.63, 3.8) is 0 Å². The summed E-state index contributed by atoms with van der Waals surface area (Å²) < 4.78 is 1.37. The molecule has 7 nitrogen and oxygen atoms in total. The second-order valence-electron chi connectivity index (χ2n) is 4.12. The molecular formula is C12H11N5O2S. The van der Waals surface area contributed by atoms with E-state index in [2.05, 4.69) is 20.3 Å². The van der Waals surface area contributed by atoms with Crippen molar-refractivity contribution in [1.29, 1.82) is 0 Å². The summed E-state index contributed by atoms with van der Waals surface area (Å²) in [5, 5.41) is 4.45. The number of thiazole rings is 1. The fourth-order valence-electron chi connectivity index (χ4n) is 1.81. The zero-order chi connectivity index (χ0) is 13.9. The number of aromatic amines is 1. The fraction of sp³-hybridized carbons (Fsp3) is 0.167. The molecule has 1 amide bonds. The van der Waals surface area contributed by atoms with E-state index in [4.69, 9.17) is 0 Å². The molecule has 20 heavy (non-hydrogen) atoms. The minimum absolute atomic E-state index is 0.0468. The Morgan fingerprint density at radius 2 is 2.35 bits per heavy atom. The topological polar surface area (TPSA) is 92.2 Å². The Labute approximate surface area is 117 Å². The molecule has 3 aromatic rings. The summed E-state index contributed by atoms with van der Waals surface area (Å²) in [6.45, 7) is 0.423. The van der Waals surface area contributed by atoms with Crippen LogP contribution in [0.4, 0.5) is 0 Å². The van der Waals surface area contributed by atoms with Crippen LogP contribution in [0, 0.1) is 0 Å². The zero-order valence-corrected chi connectivity index (χ0v) is 11.2. The van der Waals surface area contributed by atoms with Gasteiger partial charge in [0.15, 0.2) is 4.96 Å². The number of nitrogens with one attached hydrogen (secondary N) is 2. The van der Waals surface area contributed by atoms with Crippen molar-refractivity contribution in [1.82, 2.24) is 24.7 Å². The summed E-state index contributed by atoms with van der Waals surface area (Å²) in [7, 11) is 0. The zero-order valence-electron chi connectivity index (χ0n) is 10.4. The highest BCUT2D eigenvalue weighted by atomic mass is 32.1. The molecule has 0 unspecified atom stereocenters. The molecule has 2 N–H and O–H groups in total. The van der Waals surface area contributed by atoms with E-state index >= 15 is 0 Å². The number of amides is 1. The highest BCUT2D eigenvalue weighted by Gasteiger charge is 2.13. The predicted octanol–water partition coefficient (Wildman–Crippen LogP) is 0.452. The number of hydrogen-bond acceptors (Lipinski definition) is 5. The third kappa shape index (κ3) is 2.32. The Balaban J connectivity index is 1.72. The molecule has 0 bridgehead atoms. The summed E-state index contributed by atoms with van der Waals surface area (Å²) in [4.78, 5) is 35.5. The molecule has 0 fully saturated rings. The standard InChI is InChI=1S/C12H11N5O2S/c18-10(14-2-1-8-5-13-7-16-8)9-6-15-12-17(11(9)19)3-4-20-12/h3-7H,1-2H2,(H,13,16)(H,14,18). The van der Waals surface area contributed by atoms with Crippen molar-refractivity contribution in [3.8, 4) is 0 Å². The summed E-state index contributed by atoms with van der Waals surface area (Å²) >= 11 is 1.35. The quantitative estimate of drug-likeness (QED) is 0.729. The minimum atomic E-state index is -0.414. The van der Waals surface area contributed by atoms with Gasteiger partial charge in [0.05, 0.1) is 6.33 Å². The number of imidazole rings is 1. The molecule has 0 aliphatic heterocycles. The van der Waals surface area contributed by atoms with Gasteiger partial charge in [-0.2, -0.15) is 0 Å². The van der Waals surface area contributed by atoms with E-state index in [-0.39, 0.29) is 11.1 Å². The van der Waals surface area contributed by atoms with Crippen molar-refractivity contribution in [2.24, 2.45) is 0 Å². The molecule has 0 saturated heterocycles. The SMILES string of the molecule is O=C(NCCc1cnc[nH]1)c1cnc2sccn2c1=O. The molecule has 3 aromatic heterocycles. The lowest BCUT2D eigenvalue weighted by Crippen LogP contribution is -2.32. The number of rotatable bonds is 4. The molecule has 102 valence electrons. The van der Waals surface area contributed by atoms with Gasteiger partial charge in [0.1, 0.15) is 5.56 Å². The van der Waals surface area contributed by atoms with E-state index in [1.165, 1.54) is 21.9 Å². The number of fused-ring (bicyclic) bond motifs is 1. The van der Waals surface area contributed by atoms with Crippen LogP contribution in [0.1, 0.15) is 16.1 Å². The molecule has 0 saturated carbocycles. The first kappa shape index (κ1) is 12.5. The van der Waals surface area contributed by atoms with Crippen LogP contribution in [0.5, 0.6) is 0 Å². The first-order chi connectivity index (χ1) is 9.75. The van der Waals surface area contributed by atoms with Gasteiger partial charge in [-0.25, -0.2) is 9.97 Å². The van der Waals surface area contributed by atoms with Gasteiger partial charge >= 0.3 is 0 Å². The lowest BCUT2D eigenvalue weighted by Gasteiger charge is -2.03. The molecule has 8 heteroatoms. The molecule has 0 spiro atoms. The smallest absolute Gasteiger partial charge is 0.271 e. The van der Waals surface area contributed by atoms with Gasteiger partial charge in [-0.3, -0.25) is 14.0 Å². The number of hydrogen-bond donors (Lipinski definition) is 2. The molecule has 0 aliphatic rings. The van der Waals surface area contributed by atoms with E-state index in [1.807, 2.05) is 0 Å². The average Bonchev–Trinajstić information content (AvgIpc) is 3.09. The van der Waals surface area contributed by atoms with Crippen LogP contribution >= 0.6 is 11.3 Å². The summed E-state index contributed by atoms with van der Waals surface area (Å²) in [5.74, 6) is -0.414. The van der Waals surface area contributed by atoms with Gasteiger partial charge in [-0.15, -0.1) is 11.3 Å². The summed E-state index contributed by atoms with van der Waals surface area (Å²) in [5.41, 5.74) is 0.620. The van der Waals surface area contributed by atoms with Crippen molar-refractivity contribution in [2.75, 3.05) is 6.54 Å². The van der Waals surface area contributed by atoms with Gasteiger partial charge in [-0.05, 0) is 0 Å². The van der Waals surface area contributed by atoms with Crippen LogP contribution in [-0.4, -0.2) is 31.8 Å². The lowest BCUT2D eigenvalue weighted by molar-refractivity contribution is 0.0952. The van der Waals surface area contributed by atoms with E-state index < -0.39 is 5.91 Å². The van der Waals surface area contributed by atoms with E-state index in [0.717, 1.165) is 5.69 Å². The van der Waals surface area contributed by atoms with E-state index in [0.29, 0.717) is 17.9 Å². The van der Waals surface area contributed by atoms with Gasteiger partial charge in [0, 0.05) is 42.6 Å². The van der Waals surface area contributed by atoms with Crippen LogP contribution in [0.15, 0.2) is 35.1 Å². The predicted molar refractivity (Wildman–Crippen MR) is 74.0 cm³/mol. The lowest BCUT2D eigenvalue weighted by atomic mass is 10.3. The maximum Gasteiger partial charge on any atom is 0.271 e. The molecule has 0 atom stereocenters. The Morgan fingerprint density at radius 1 is 1.45 bits per heavy atom. The number of aromatic nitrogens is 4. The Bertz CT molecular complexity index is 790. The molecule has 0 aliphatic carbocycles. The number of H-pyrrole nitrogens is 1. The second kappa shape index (κ2) is 5.25. The van der Waals surface area contributed by atoms with Crippen LogP contribution < -0.4 is 10.9 Å². The van der Waals surface area contributed by atoms with Crippen LogP contribution in [0.3, 0.4) is 0 Å². The van der Waals surface area contributed by atoms with Crippen LogP contribution in [0.25, 0.3) is 4.96 Å². The van der Waals surface area contributed by atoms with Crippen molar-refractivity contribution in [3.05, 3.63) is 51.9 Å². The fourth-order valence-corrected chi connectivity index (χ4v) is 2.48. The monoisotopic (exact) mass is 289 g/mol. The first-order valence-corrected chi connectivity index (χ1v) is 6.84. The Kier molecular flexibility index (Phi) is 3.30.